The van der Waals surface area contributed by atoms with Gasteiger partial charge in [-0.1, -0.05) is 26.7 Å². The highest BCUT2D eigenvalue weighted by Crippen LogP contribution is 2.08. The van der Waals surface area contributed by atoms with Crippen molar-refractivity contribution in [2.24, 2.45) is 0 Å². The highest BCUT2D eigenvalue weighted by molar-refractivity contribution is 5.91. The van der Waals surface area contributed by atoms with Gasteiger partial charge in [-0.2, -0.15) is 0 Å². The maximum atomic E-state index is 12.0. The second-order valence-electron chi connectivity index (χ2n) is 3.98. The van der Waals surface area contributed by atoms with Crippen LogP contribution >= 0.6 is 0 Å². The van der Waals surface area contributed by atoms with E-state index >= 15 is 0 Å². The van der Waals surface area contributed by atoms with Crippen LogP contribution in [0.4, 0.5) is 0 Å². The van der Waals surface area contributed by atoms with Crippen LogP contribution in [0.2, 0.25) is 0 Å². The first-order valence-electron chi connectivity index (χ1n) is 6.12. The Morgan fingerprint density at radius 2 is 1.88 bits per heavy atom. The van der Waals surface area contributed by atoms with E-state index < -0.39 is 0 Å². The lowest BCUT2D eigenvalue weighted by molar-refractivity contribution is 0.0719. The number of hydrogen-bond donors (Lipinski definition) is 0. The minimum absolute atomic E-state index is 0.0203. The lowest BCUT2D eigenvalue weighted by Crippen LogP contribution is -2.32. The molecule has 0 fully saturated rings. The second-order valence-corrected chi connectivity index (χ2v) is 3.98. The zero-order valence-corrected chi connectivity index (χ0v) is 10.2. The number of carbonyl (C=O) groups excluding carboxylic acids is 1. The van der Waals surface area contributed by atoms with Crippen molar-refractivity contribution >= 4 is 5.91 Å². The van der Waals surface area contributed by atoms with E-state index in [1.165, 1.54) is 0 Å². The number of hydrogen-bond acceptors (Lipinski definition) is 2. The van der Waals surface area contributed by atoms with Gasteiger partial charge < -0.3 is 9.32 Å². The van der Waals surface area contributed by atoms with Gasteiger partial charge in [0.25, 0.3) is 5.91 Å². The lowest BCUT2D eigenvalue weighted by atomic mass is 10.2. The molecule has 3 nitrogen and oxygen atoms in total. The van der Waals surface area contributed by atoms with Gasteiger partial charge in [-0.15, -0.1) is 0 Å². The molecule has 0 aliphatic carbocycles. The number of rotatable bonds is 7. The minimum atomic E-state index is 0.0203. The van der Waals surface area contributed by atoms with Gasteiger partial charge in [0.05, 0.1) is 6.26 Å². The number of nitrogens with zero attached hydrogens (tertiary/aromatic N) is 1. The summed E-state index contributed by atoms with van der Waals surface area (Å²) in [6, 6.07) is 3.48. The Hall–Kier alpha value is -1.25. The number of furan rings is 1. The smallest absolute Gasteiger partial charge is 0.289 e. The SMILES string of the molecule is CCCCN(CCCC)C(=O)c1ccco1. The van der Waals surface area contributed by atoms with E-state index in [9.17, 15) is 4.79 Å². The molecule has 0 spiro atoms. The van der Waals surface area contributed by atoms with Gasteiger partial charge in [-0.3, -0.25) is 4.79 Å². The van der Waals surface area contributed by atoms with E-state index in [1.54, 1.807) is 18.4 Å². The topological polar surface area (TPSA) is 33.5 Å². The summed E-state index contributed by atoms with van der Waals surface area (Å²) in [4.78, 5) is 13.9. The van der Waals surface area contributed by atoms with Crippen molar-refractivity contribution in [2.45, 2.75) is 39.5 Å². The average Bonchev–Trinajstić information content (AvgIpc) is 2.82. The molecule has 1 amide bonds. The summed E-state index contributed by atoms with van der Waals surface area (Å²) in [6.45, 7) is 5.93. The molecule has 0 aliphatic heterocycles. The molecule has 0 bridgehead atoms. The van der Waals surface area contributed by atoms with Gasteiger partial charge in [-0.25, -0.2) is 0 Å². The van der Waals surface area contributed by atoms with Gasteiger partial charge in [-0.05, 0) is 25.0 Å². The van der Waals surface area contributed by atoms with Crippen LogP contribution in [0.25, 0.3) is 0 Å². The normalized spacial score (nSPS) is 10.4. The second kappa shape index (κ2) is 7.09. The van der Waals surface area contributed by atoms with E-state index in [1.807, 2.05) is 4.90 Å². The number of unbranched alkanes of at least 4 members (excludes halogenated alkanes) is 2. The monoisotopic (exact) mass is 223 g/mol. The quantitative estimate of drug-likeness (QED) is 0.710. The molecule has 0 atom stereocenters. The standard InChI is InChI=1S/C13H21NO2/c1-3-5-9-14(10-6-4-2)13(15)12-8-7-11-16-12/h7-8,11H,3-6,9-10H2,1-2H3. The molecule has 1 aromatic rings. The molecule has 1 rings (SSSR count). The first-order valence-corrected chi connectivity index (χ1v) is 6.12. The van der Waals surface area contributed by atoms with Gasteiger partial charge >= 0.3 is 0 Å². The molecule has 0 radical (unpaired) electrons. The predicted octanol–water partition coefficient (Wildman–Crippen LogP) is 3.32. The van der Waals surface area contributed by atoms with Gasteiger partial charge in [0, 0.05) is 13.1 Å². The fourth-order valence-electron chi connectivity index (χ4n) is 1.57. The third-order valence-electron chi connectivity index (χ3n) is 2.58. The Bertz CT molecular complexity index is 285. The Morgan fingerprint density at radius 1 is 1.25 bits per heavy atom. The molecule has 0 unspecified atom stereocenters. The third-order valence-corrected chi connectivity index (χ3v) is 2.58. The van der Waals surface area contributed by atoms with Crippen LogP contribution in [0.15, 0.2) is 22.8 Å². The molecular weight excluding hydrogens is 202 g/mol. The van der Waals surface area contributed by atoms with Crippen molar-refractivity contribution in [3.63, 3.8) is 0 Å². The summed E-state index contributed by atoms with van der Waals surface area (Å²) < 4.78 is 5.14. The minimum Gasteiger partial charge on any atom is -0.459 e. The first kappa shape index (κ1) is 12.8. The van der Waals surface area contributed by atoms with E-state index in [2.05, 4.69) is 13.8 Å². The zero-order valence-electron chi connectivity index (χ0n) is 10.2. The van der Waals surface area contributed by atoms with Gasteiger partial charge in [0.1, 0.15) is 0 Å². The molecule has 90 valence electrons. The molecular formula is C13H21NO2. The van der Waals surface area contributed by atoms with Crippen molar-refractivity contribution in [1.29, 1.82) is 0 Å². The van der Waals surface area contributed by atoms with Crippen molar-refractivity contribution in [1.82, 2.24) is 4.90 Å². The van der Waals surface area contributed by atoms with Crippen LogP contribution < -0.4 is 0 Å². The Kier molecular flexibility index (Phi) is 5.68. The van der Waals surface area contributed by atoms with Crippen molar-refractivity contribution in [2.75, 3.05) is 13.1 Å². The molecule has 1 aromatic heterocycles. The average molecular weight is 223 g/mol. The highest BCUT2D eigenvalue weighted by atomic mass is 16.3. The molecule has 0 aromatic carbocycles. The maximum absolute atomic E-state index is 12.0. The summed E-state index contributed by atoms with van der Waals surface area (Å²) in [5.74, 6) is 0.471. The Morgan fingerprint density at radius 3 is 2.31 bits per heavy atom. The Balaban J connectivity index is 2.56. The molecule has 3 heteroatoms. The van der Waals surface area contributed by atoms with Gasteiger partial charge in [0.15, 0.2) is 5.76 Å². The van der Waals surface area contributed by atoms with Crippen LogP contribution in [0.3, 0.4) is 0 Å². The fraction of sp³-hybridized carbons (Fsp3) is 0.615. The summed E-state index contributed by atoms with van der Waals surface area (Å²) in [5, 5.41) is 0. The third kappa shape index (κ3) is 3.72. The van der Waals surface area contributed by atoms with E-state index in [-0.39, 0.29) is 5.91 Å². The van der Waals surface area contributed by atoms with Crippen LogP contribution in [0.1, 0.15) is 50.1 Å². The van der Waals surface area contributed by atoms with Crippen molar-refractivity contribution in [3.8, 4) is 0 Å². The largest absolute Gasteiger partial charge is 0.459 e. The van der Waals surface area contributed by atoms with Crippen LogP contribution in [0, 0.1) is 0 Å². The summed E-state index contributed by atoms with van der Waals surface area (Å²) in [6.07, 6.45) is 5.86. The number of carbonyl (C=O) groups is 1. The van der Waals surface area contributed by atoms with Crippen LogP contribution in [0.5, 0.6) is 0 Å². The summed E-state index contributed by atoms with van der Waals surface area (Å²) in [5.41, 5.74) is 0. The summed E-state index contributed by atoms with van der Waals surface area (Å²) in [7, 11) is 0. The molecule has 0 saturated heterocycles. The van der Waals surface area contributed by atoms with Crippen LogP contribution in [-0.4, -0.2) is 23.9 Å². The maximum Gasteiger partial charge on any atom is 0.289 e. The first-order chi connectivity index (χ1) is 7.79. The van der Waals surface area contributed by atoms with E-state index in [4.69, 9.17) is 4.42 Å². The van der Waals surface area contributed by atoms with E-state index in [0.717, 1.165) is 38.8 Å². The lowest BCUT2D eigenvalue weighted by Gasteiger charge is -2.21. The Labute approximate surface area is 97.4 Å². The molecule has 0 aliphatic rings. The van der Waals surface area contributed by atoms with Crippen molar-refractivity contribution < 1.29 is 9.21 Å². The molecule has 0 N–H and O–H groups in total. The summed E-state index contributed by atoms with van der Waals surface area (Å²) >= 11 is 0. The highest BCUT2D eigenvalue weighted by Gasteiger charge is 2.16. The molecule has 0 saturated carbocycles. The van der Waals surface area contributed by atoms with Crippen LogP contribution in [-0.2, 0) is 0 Å². The molecule has 16 heavy (non-hydrogen) atoms. The van der Waals surface area contributed by atoms with E-state index in [0.29, 0.717) is 5.76 Å². The van der Waals surface area contributed by atoms with Gasteiger partial charge in [0.2, 0.25) is 0 Å². The predicted molar refractivity (Wildman–Crippen MR) is 64.4 cm³/mol. The zero-order chi connectivity index (χ0) is 11.8. The fourth-order valence-corrected chi connectivity index (χ4v) is 1.57. The molecule has 1 heterocycles. The number of amides is 1. The van der Waals surface area contributed by atoms with Crippen molar-refractivity contribution in [3.05, 3.63) is 24.2 Å².